The van der Waals surface area contributed by atoms with Crippen LogP contribution in [0.5, 0.6) is 0 Å². The van der Waals surface area contributed by atoms with Gasteiger partial charge in [0.2, 0.25) is 5.91 Å². The van der Waals surface area contributed by atoms with Gasteiger partial charge in [-0.1, -0.05) is 0 Å². The molecule has 128 valence electrons. The molecule has 1 fully saturated rings. The van der Waals surface area contributed by atoms with E-state index in [4.69, 9.17) is 4.74 Å². The number of nitrogens with zero attached hydrogens (tertiary/aromatic N) is 3. The first-order chi connectivity index (χ1) is 11.7. The number of carbonyl (C=O) groups is 1. The molecule has 0 spiro atoms. The maximum atomic E-state index is 12.7. The Labute approximate surface area is 145 Å². The maximum Gasteiger partial charge on any atom is 0.235 e. The van der Waals surface area contributed by atoms with Gasteiger partial charge in [-0.05, 0) is 32.1 Å². The van der Waals surface area contributed by atoms with Crippen molar-refractivity contribution >= 4 is 22.4 Å². The second kappa shape index (κ2) is 6.64. The molecule has 2 aliphatic rings. The molecule has 2 aromatic heterocycles. The molecule has 4 rings (SSSR count). The van der Waals surface area contributed by atoms with Gasteiger partial charge >= 0.3 is 0 Å². The van der Waals surface area contributed by atoms with Crippen LogP contribution >= 0.6 is 11.3 Å². The lowest BCUT2D eigenvalue weighted by atomic mass is 9.89. The fourth-order valence-corrected chi connectivity index (χ4v) is 4.50. The summed E-state index contributed by atoms with van der Waals surface area (Å²) in [4.78, 5) is 22.6. The van der Waals surface area contributed by atoms with Gasteiger partial charge in [0.05, 0.1) is 24.0 Å². The van der Waals surface area contributed by atoms with Crippen LogP contribution in [0, 0.1) is 0 Å². The number of thiazole rings is 1. The van der Waals surface area contributed by atoms with E-state index in [1.54, 1.807) is 17.7 Å². The fourth-order valence-electron chi connectivity index (χ4n) is 3.62. The third-order valence-electron chi connectivity index (χ3n) is 4.88. The normalized spacial score (nSPS) is 23.2. The summed E-state index contributed by atoms with van der Waals surface area (Å²) < 4.78 is 7.69. The molecule has 2 aromatic rings. The summed E-state index contributed by atoms with van der Waals surface area (Å²) in [6.07, 6.45) is 9.99. The summed E-state index contributed by atoms with van der Waals surface area (Å²) in [7, 11) is 1.99. The number of rotatable bonds is 4. The number of carbonyl (C=O) groups excluding carboxylic acids is 1. The topological polar surface area (TPSA) is 69.0 Å². The van der Waals surface area contributed by atoms with Gasteiger partial charge < -0.3 is 14.6 Å². The van der Waals surface area contributed by atoms with Crippen LogP contribution < -0.4 is 5.32 Å². The van der Waals surface area contributed by atoms with Crippen molar-refractivity contribution in [2.24, 2.45) is 7.05 Å². The molecule has 1 N–H and O–H groups in total. The van der Waals surface area contributed by atoms with Crippen molar-refractivity contribution in [3.8, 4) is 0 Å². The van der Waals surface area contributed by atoms with Crippen molar-refractivity contribution in [2.75, 3.05) is 11.9 Å². The lowest BCUT2D eigenvalue weighted by molar-refractivity contribution is -0.118. The molecule has 1 aliphatic heterocycles. The molecule has 1 saturated heterocycles. The van der Waals surface area contributed by atoms with Crippen LogP contribution in [0.1, 0.15) is 47.9 Å². The summed E-state index contributed by atoms with van der Waals surface area (Å²) in [6, 6.07) is 0. The second-order valence-electron chi connectivity index (χ2n) is 6.59. The first-order valence-electron chi connectivity index (χ1n) is 8.58. The largest absolute Gasteiger partial charge is 0.378 e. The molecule has 1 aliphatic carbocycles. The van der Waals surface area contributed by atoms with Crippen LogP contribution in [0.3, 0.4) is 0 Å². The minimum Gasteiger partial charge on any atom is -0.378 e. The molecular weight excluding hydrogens is 324 g/mol. The Morgan fingerprint density at radius 1 is 1.42 bits per heavy atom. The minimum atomic E-state index is -0.166. The lowest BCUT2D eigenvalue weighted by Gasteiger charge is -2.20. The van der Waals surface area contributed by atoms with Gasteiger partial charge in [-0.2, -0.15) is 0 Å². The molecular formula is C17H22N4O2S. The Morgan fingerprint density at radius 3 is 3.17 bits per heavy atom. The van der Waals surface area contributed by atoms with Gasteiger partial charge in [0, 0.05) is 36.8 Å². The van der Waals surface area contributed by atoms with E-state index in [2.05, 4.69) is 15.3 Å². The standard InChI is InChI=1S/C17H22N4O2S/c1-21-10-19-15-13(5-2-6-14(15)21)16(22)20-17-18-9-12(24-17)8-11-4-3-7-23-11/h9-11,13H,2-8H2,1H3,(H,18,20,22). The Morgan fingerprint density at radius 2 is 2.33 bits per heavy atom. The van der Waals surface area contributed by atoms with E-state index in [1.807, 2.05) is 17.8 Å². The molecule has 0 aromatic carbocycles. The number of aromatic nitrogens is 3. The van der Waals surface area contributed by atoms with Gasteiger partial charge in [-0.25, -0.2) is 9.97 Å². The van der Waals surface area contributed by atoms with Crippen LogP contribution in [0.25, 0.3) is 0 Å². The zero-order chi connectivity index (χ0) is 16.5. The quantitative estimate of drug-likeness (QED) is 0.924. The zero-order valence-corrected chi connectivity index (χ0v) is 14.6. The number of amides is 1. The Bertz CT molecular complexity index is 733. The molecule has 0 saturated carbocycles. The third-order valence-corrected chi connectivity index (χ3v) is 5.82. The van der Waals surface area contributed by atoms with E-state index in [-0.39, 0.29) is 11.8 Å². The number of hydrogen-bond donors (Lipinski definition) is 1. The highest BCUT2D eigenvalue weighted by molar-refractivity contribution is 7.15. The van der Waals surface area contributed by atoms with Crippen LogP contribution in [0.4, 0.5) is 5.13 Å². The molecule has 0 radical (unpaired) electrons. The van der Waals surface area contributed by atoms with Crippen molar-refractivity contribution in [1.82, 2.24) is 14.5 Å². The number of nitrogens with one attached hydrogen (secondary N) is 1. The van der Waals surface area contributed by atoms with Crippen molar-refractivity contribution < 1.29 is 9.53 Å². The summed E-state index contributed by atoms with van der Waals surface area (Å²) in [5.74, 6) is -0.159. The van der Waals surface area contributed by atoms with Gasteiger partial charge in [-0.15, -0.1) is 11.3 Å². The van der Waals surface area contributed by atoms with Gasteiger partial charge in [0.15, 0.2) is 5.13 Å². The Balaban J connectivity index is 1.42. The third kappa shape index (κ3) is 3.10. The SMILES string of the molecule is Cn1cnc2c1CCCC2C(=O)Nc1ncc(CC2CCCO2)s1. The van der Waals surface area contributed by atoms with Crippen molar-refractivity contribution in [3.05, 3.63) is 28.8 Å². The number of fused-ring (bicyclic) bond motifs is 1. The number of aryl methyl sites for hydroxylation is 1. The van der Waals surface area contributed by atoms with Crippen LogP contribution in [-0.4, -0.2) is 33.2 Å². The minimum absolute atomic E-state index is 0.00710. The van der Waals surface area contributed by atoms with E-state index < -0.39 is 0 Å². The molecule has 2 unspecified atom stereocenters. The summed E-state index contributed by atoms with van der Waals surface area (Å²) in [6.45, 7) is 0.862. The number of anilines is 1. The highest BCUT2D eigenvalue weighted by Gasteiger charge is 2.30. The van der Waals surface area contributed by atoms with Gasteiger partial charge in [-0.3, -0.25) is 4.79 Å². The van der Waals surface area contributed by atoms with Gasteiger partial charge in [0.1, 0.15) is 0 Å². The zero-order valence-electron chi connectivity index (χ0n) is 13.8. The highest BCUT2D eigenvalue weighted by Crippen LogP contribution is 2.32. The van der Waals surface area contributed by atoms with Crippen molar-refractivity contribution in [1.29, 1.82) is 0 Å². The van der Waals surface area contributed by atoms with Crippen molar-refractivity contribution in [2.45, 2.75) is 50.5 Å². The average molecular weight is 346 g/mol. The predicted octanol–water partition coefficient (Wildman–Crippen LogP) is 2.66. The lowest BCUT2D eigenvalue weighted by Crippen LogP contribution is -2.25. The second-order valence-corrected chi connectivity index (χ2v) is 7.71. The van der Waals surface area contributed by atoms with Crippen molar-refractivity contribution in [3.63, 3.8) is 0 Å². The average Bonchev–Trinajstić information content (AvgIpc) is 3.31. The van der Waals surface area contributed by atoms with E-state index >= 15 is 0 Å². The first-order valence-corrected chi connectivity index (χ1v) is 9.39. The maximum absolute atomic E-state index is 12.7. The van der Waals surface area contributed by atoms with Crippen LogP contribution in [0.2, 0.25) is 0 Å². The van der Waals surface area contributed by atoms with E-state index in [0.717, 1.165) is 50.8 Å². The van der Waals surface area contributed by atoms with E-state index in [1.165, 1.54) is 10.6 Å². The number of imidazole rings is 1. The number of hydrogen-bond acceptors (Lipinski definition) is 5. The molecule has 1 amide bonds. The summed E-state index contributed by atoms with van der Waals surface area (Å²) in [5, 5.41) is 3.66. The Hall–Kier alpha value is -1.73. The predicted molar refractivity (Wildman–Crippen MR) is 92.3 cm³/mol. The Kier molecular flexibility index (Phi) is 4.37. The molecule has 2 atom stereocenters. The molecule has 7 heteroatoms. The van der Waals surface area contributed by atoms with E-state index in [9.17, 15) is 4.79 Å². The summed E-state index contributed by atoms with van der Waals surface area (Å²) in [5.41, 5.74) is 2.11. The highest BCUT2D eigenvalue weighted by atomic mass is 32.1. The molecule has 6 nitrogen and oxygen atoms in total. The monoisotopic (exact) mass is 346 g/mol. The molecule has 0 bridgehead atoms. The molecule has 3 heterocycles. The summed E-state index contributed by atoms with van der Waals surface area (Å²) >= 11 is 1.55. The molecule has 24 heavy (non-hydrogen) atoms. The van der Waals surface area contributed by atoms with Crippen LogP contribution in [-0.2, 0) is 29.4 Å². The first kappa shape index (κ1) is 15.8. The smallest absolute Gasteiger partial charge is 0.235 e. The van der Waals surface area contributed by atoms with E-state index in [0.29, 0.717) is 11.2 Å². The van der Waals surface area contributed by atoms with Crippen LogP contribution in [0.15, 0.2) is 12.5 Å². The number of ether oxygens (including phenoxy) is 1. The fraction of sp³-hybridized carbons (Fsp3) is 0.588. The van der Waals surface area contributed by atoms with Gasteiger partial charge in [0.25, 0.3) is 0 Å².